The Kier molecular flexibility index (Phi) is 5.98. The van der Waals surface area contributed by atoms with Gasteiger partial charge in [0.05, 0.1) is 6.10 Å². The molecule has 4 heteroatoms. The van der Waals surface area contributed by atoms with Crippen LogP contribution in [-0.4, -0.2) is 11.2 Å². The summed E-state index contributed by atoms with van der Waals surface area (Å²) in [5.41, 5.74) is 14.6. The van der Waals surface area contributed by atoms with E-state index in [1.54, 1.807) is 6.92 Å². The number of benzene rings is 2. The van der Waals surface area contributed by atoms with Gasteiger partial charge in [0.15, 0.2) is 0 Å². The lowest BCUT2D eigenvalue weighted by molar-refractivity contribution is 0.0987. The Balaban J connectivity index is 2.15. The van der Waals surface area contributed by atoms with Crippen LogP contribution in [0.25, 0.3) is 0 Å². The molecule has 0 aliphatic heterocycles. The van der Waals surface area contributed by atoms with Crippen LogP contribution < -0.4 is 11.5 Å². The largest absolute Gasteiger partial charge is 0.393 e. The molecule has 2 aromatic rings. The summed E-state index contributed by atoms with van der Waals surface area (Å²) in [6.07, 6.45) is 0.0501. The Morgan fingerprint density at radius 2 is 1.64 bits per heavy atom. The summed E-state index contributed by atoms with van der Waals surface area (Å²) in [6.45, 7) is 1.76. The van der Waals surface area contributed by atoms with Gasteiger partial charge >= 0.3 is 0 Å². The summed E-state index contributed by atoms with van der Waals surface area (Å²) in [6, 6.07) is 16.8. The first-order chi connectivity index (χ1) is 10.5. The van der Waals surface area contributed by atoms with Crippen molar-refractivity contribution in [2.45, 2.75) is 31.5 Å². The fraction of sp³-hybridized carbons (Fsp3) is 0.333. The van der Waals surface area contributed by atoms with E-state index in [0.717, 1.165) is 11.1 Å². The van der Waals surface area contributed by atoms with Crippen LogP contribution in [0.4, 0.5) is 0 Å². The number of halogens is 1. The SMILES string of the molecule is C[C@@H](O)[C@@H](CC(N)c1cccc(Cl)c1)C(N)c1ccccc1. The molecule has 5 N–H and O–H groups in total. The van der Waals surface area contributed by atoms with Gasteiger partial charge in [0, 0.05) is 23.0 Å². The highest BCUT2D eigenvalue weighted by Crippen LogP contribution is 2.31. The van der Waals surface area contributed by atoms with Gasteiger partial charge in [-0.2, -0.15) is 0 Å². The van der Waals surface area contributed by atoms with Crippen molar-refractivity contribution in [1.82, 2.24) is 0 Å². The molecule has 2 aromatic carbocycles. The molecule has 0 fully saturated rings. The molecule has 0 amide bonds. The summed E-state index contributed by atoms with van der Waals surface area (Å²) in [7, 11) is 0. The maximum absolute atomic E-state index is 10.1. The molecule has 2 unspecified atom stereocenters. The molecule has 3 nitrogen and oxygen atoms in total. The number of hydrogen-bond acceptors (Lipinski definition) is 3. The summed E-state index contributed by atoms with van der Waals surface area (Å²) in [5.74, 6) is -0.128. The third-order valence-electron chi connectivity index (χ3n) is 4.07. The minimum absolute atomic E-state index is 0.128. The van der Waals surface area contributed by atoms with E-state index in [1.165, 1.54) is 0 Å². The molecule has 0 spiro atoms. The topological polar surface area (TPSA) is 72.3 Å². The van der Waals surface area contributed by atoms with E-state index in [-0.39, 0.29) is 18.0 Å². The van der Waals surface area contributed by atoms with Crippen LogP contribution in [0.15, 0.2) is 54.6 Å². The van der Waals surface area contributed by atoms with E-state index >= 15 is 0 Å². The highest BCUT2D eigenvalue weighted by Gasteiger charge is 2.26. The van der Waals surface area contributed by atoms with Gasteiger partial charge in [-0.3, -0.25) is 0 Å². The average molecular weight is 319 g/mol. The van der Waals surface area contributed by atoms with E-state index in [4.69, 9.17) is 23.1 Å². The Labute approximate surface area is 136 Å². The van der Waals surface area contributed by atoms with Gasteiger partial charge < -0.3 is 16.6 Å². The van der Waals surface area contributed by atoms with Crippen LogP contribution in [0.5, 0.6) is 0 Å². The Hall–Kier alpha value is -1.39. The smallest absolute Gasteiger partial charge is 0.0559 e. The van der Waals surface area contributed by atoms with Gasteiger partial charge in [-0.05, 0) is 36.6 Å². The summed E-state index contributed by atoms with van der Waals surface area (Å²) >= 11 is 6.02. The highest BCUT2D eigenvalue weighted by atomic mass is 35.5. The predicted octanol–water partition coefficient (Wildman–Crippen LogP) is 3.43. The fourth-order valence-electron chi connectivity index (χ4n) is 2.73. The minimum Gasteiger partial charge on any atom is -0.393 e. The lowest BCUT2D eigenvalue weighted by Crippen LogP contribution is -2.32. The molecule has 0 heterocycles. The molecule has 0 saturated carbocycles. The molecule has 2 rings (SSSR count). The Morgan fingerprint density at radius 1 is 1.00 bits per heavy atom. The lowest BCUT2D eigenvalue weighted by atomic mass is 9.83. The maximum Gasteiger partial charge on any atom is 0.0559 e. The maximum atomic E-state index is 10.1. The standard InChI is InChI=1S/C18H23ClN2O/c1-12(22)16(18(21)13-6-3-2-4-7-13)11-17(20)14-8-5-9-15(19)10-14/h2-10,12,16-18,22H,11,20-21H2,1H3/t12-,16-,17?,18?/m1/s1. The number of nitrogens with two attached hydrogens (primary N) is 2. The molecule has 22 heavy (non-hydrogen) atoms. The molecule has 0 radical (unpaired) electrons. The molecule has 0 aliphatic carbocycles. The second kappa shape index (κ2) is 7.75. The van der Waals surface area contributed by atoms with Crippen molar-refractivity contribution >= 4 is 11.6 Å². The second-order valence-electron chi connectivity index (χ2n) is 5.74. The normalized spacial score (nSPS) is 16.8. The summed E-state index contributed by atoms with van der Waals surface area (Å²) in [4.78, 5) is 0. The van der Waals surface area contributed by atoms with Crippen molar-refractivity contribution in [3.63, 3.8) is 0 Å². The van der Waals surface area contributed by atoms with Crippen LogP contribution in [0.1, 0.15) is 36.6 Å². The van der Waals surface area contributed by atoms with Gasteiger partial charge in [0.25, 0.3) is 0 Å². The van der Waals surface area contributed by atoms with E-state index < -0.39 is 6.10 Å². The van der Waals surface area contributed by atoms with Crippen LogP contribution in [-0.2, 0) is 0 Å². The van der Waals surface area contributed by atoms with Crippen LogP contribution >= 0.6 is 11.6 Å². The zero-order valence-electron chi connectivity index (χ0n) is 12.7. The molecule has 0 aromatic heterocycles. The first-order valence-electron chi connectivity index (χ1n) is 7.48. The molecule has 118 valence electrons. The summed E-state index contributed by atoms with van der Waals surface area (Å²) < 4.78 is 0. The third-order valence-corrected chi connectivity index (χ3v) is 4.30. The van der Waals surface area contributed by atoms with Crippen molar-refractivity contribution in [2.75, 3.05) is 0 Å². The number of hydrogen-bond donors (Lipinski definition) is 3. The van der Waals surface area contributed by atoms with E-state index in [1.807, 2.05) is 54.6 Å². The third kappa shape index (κ3) is 4.31. The molecular weight excluding hydrogens is 296 g/mol. The molecular formula is C18H23ClN2O. The van der Waals surface area contributed by atoms with E-state index in [0.29, 0.717) is 11.4 Å². The van der Waals surface area contributed by atoms with Crippen LogP contribution in [0, 0.1) is 5.92 Å². The predicted molar refractivity (Wildman–Crippen MR) is 91.5 cm³/mol. The van der Waals surface area contributed by atoms with Crippen molar-refractivity contribution < 1.29 is 5.11 Å². The first-order valence-corrected chi connectivity index (χ1v) is 7.86. The molecule has 4 atom stereocenters. The Bertz CT molecular complexity index is 589. The van der Waals surface area contributed by atoms with Gasteiger partial charge in [0.1, 0.15) is 0 Å². The molecule has 0 saturated heterocycles. The molecule has 0 aliphatic rings. The quantitative estimate of drug-likeness (QED) is 0.764. The first kappa shape index (κ1) is 17.0. The number of rotatable bonds is 6. The van der Waals surface area contributed by atoms with Crippen molar-refractivity contribution in [2.24, 2.45) is 17.4 Å². The zero-order valence-corrected chi connectivity index (χ0v) is 13.4. The number of aliphatic hydroxyl groups is 1. The Morgan fingerprint density at radius 3 is 2.23 bits per heavy atom. The van der Waals surface area contributed by atoms with Gasteiger partial charge in [0.2, 0.25) is 0 Å². The fourth-order valence-corrected chi connectivity index (χ4v) is 2.93. The van der Waals surface area contributed by atoms with Crippen molar-refractivity contribution in [1.29, 1.82) is 0 Å². The van der Waals surface area contributed by atoms with E-state index in [9.17, 15) is 5.11 Å². The van der Waals surface area contributed by atoms with Crippen LogP contribution in [0.2, 0.25) is 5.02 Å². The van der Waals surface area contributed by atoms with E-state index in [2.05, 4.69) is 0 Å². The van der Waals surface area contributed by atoms with Gasteiger partial charge in [-0.15, -0.1) is 0 Å². The minimum atomic E-state index is -0.541. The lowest BCUT2D eigenvalue weighted by Gasteiger charge is -2.29. The summed E-state index contributed by atoms with van der Waals surface area (Å²) in [5, 5.41) is 10.8. The highest BCUT2D eigenvalue weighted by molar-refractivity contribution is 6.30. The second-order valence-corrected chi connectivity index (χ2v) is 6.17. The monoisotopic (exact) mass is 318 g/mol. The molecule has 0 bridgehead atoms. The van der Waals surface area contributed by atoms with Crippen molar-refractivity contribution in [3.05, 3.63) is 70.7 Å². The van der Waals surface area contributed by atoms with Gasteiger partial charge in [-0.25, -0.2) is 0 Å². The van der Waals surface area contributed by atoms with Gasteiger partial charge in [-0.1, -0.05) is 54.1 Å². The average Bonchev–Trinajstić information content (AvgIpc) is 2.52. The van der Waals surface area contributed by atoms with Crippen molar-refractivity contribution in [3.8, 4) is 0 Å². The number of aliphatic hydroxyl groups excluding tert-OH is 1. The van der Waals surface area contributed by atoms with Crippen LogP contribution in [0.3, 0.4) is 0 Å². The zero-order chi connectivity index (χ0) is 16.1.